The topological polar surface area (TPSA) is 97.3 Å². The number of hydrogen-bond acceptors (Lipinski definition) is 8. The second-order valence-corrected chi connectivity index (χ2v) is 9.86. The van der Waals surface area contributed by atoms with Crippen molar-refractivity contribution in [3.63, 3.8) is 0 Å². The number of nitrogens with one attached hydrogen (secondary N) is 1. The number of carboxylic acids is 1. The van der Waals surface area contributed by atoms with E-state index >= 15 is 0 Å². The number of methoxy groups -OCH3 is 1. The third kappa shape index (κ3) is 4.14. The fourth-order valence-corrected chi connectivity index (χ4v) is 5.93. The van der Waals surface area contributed by atoms with Crippen molar-refractivity contribution >= 4 is 23.3 Å². The van der Waals surface area contributed by atoms with E-state index in [1.165, 1.54) is 12.0 Å². The zero-order valence-electron chi connectivity index (χ0n) is 19.8. The van der Waals surface area contributed by atoms with Gasteiger partial charge in [-0.3, -0.25) is 4.79 Å². The molecule has 182 valence electrons. The molecule has 0 saturated carbocycles. The molecule has 0 radical (unpaired) electrons. The number of ether oxygens (including phenoxy) is 3. The molecule has 2 aliphatic heterocycles. The lowest BCUT2D eigenvalue weighted by atomic mass is 9.60. The van der Waals surface area contributed by atoms with Gasteiger partial charge >= 0.3 is 11.9 Å². The fourth-order valence-electron chi connectivity index (χ4n) is 5.15. The van der Waals surface area contributed by atoms with Gasteiger partial charge in [0.05, 0.1) is 12.7 Å². The average Bonchev–Trinajstić information content (AvgIpc) is 3.49. The molecule has 0 aliphatic carbocycles. The number of thiophene rings is 1. The van der Waals surface area contributed by atoms with Crippen LogP contribution in [0.3, 0.4) is 0 Å². The summed E-state index contributed by atoms with van der Waals surface area (Å²) < 4.78 is 16.5. The van der Waals surface area contributed by atoms with E-state index in [0.29, 0.717) is 41.3 Å². The molecule has 8 nitrogen and oxygen atoms in total. The maximum absolute atomic E-state index is 13.2. The highest BCUT2D eigenvalue weighted by atomic mass is 32.1. The molecule has 2 aliphatic rings. The smallest absolute Gasteiger partial charge is 0.336 e. The third-order valence-electron chi connectivity index (χ3n) is 6.87. The van der Waals surface area contributed by atoms with Crippen LogP contribution in [0.4, 0.5) is 0 Å². The molecule has 0 spiro atoms. The summed E-state index contributed by atoms with van der Waals surface area (Å²) in [5.74, 6) is -1.31. The summed E-state index contributed by atoms with van der Waals surface area (Å²) in [7, 11) is 3.29. The summed E-state index contributed by atoms with van der Waals surface area (Å²) in [4.78, 5) is 29.5. The standard InChI is InChI=1S/C25H30N2O6S/c1-15-20(23(28)31-4)21(18-8-5-9-19-22(18)33-14-32-19)25(24(29)30,16(2)26-15)10-11-27(3)13-17-7-6-12-34-17/h5-9,12,16,21,26H,10-11,13-14H2,1-4H3,(H,29,30). The van der Waals surface area contributed by atoms with Gasteiger partial charge in [0.2, 0.25) is 6.79 Å². The Labute approximate surface area is 203 Å². The van der Waals surface area contributed by atoms with E-state index < -0.39 is 29.3 Å². The van der Waals surface area contributed by atoms with Crippen molar-refractivity contribution in [3.05, 3.63) is 57.4 Å². The van der Waals surface area contributed by atoms with Crippen molar-refractivity contribution in [3.8, 4) is 11.5 Å². The van der Waals surface area contributed by atoms with Crippen molar-refractivity contribution in [2.75, 3.05) is 27.5 Å². The molecule has 3 unspecified atom stereocenters. The van der Waals surface area contributed by atoms with Gasteiger partial charge in [0.25, 0.3) is 0 Å². The van der Waals surface area contributed by atoms with E-state index in [-0.39, 0.29) is 6.79 Å². The van der Waals surface area contributed by atoms with Crippen molar-refractivity contribution in [2.24, 2.45) is 5.41 Å². The number of carbonyl (C=O) groups excluding carboxylic acids is 1. The monoisotopic (exact) mass is 486 g/mol. The molecule has 0 fully saturated rings. The lowest BCUT2D eigenvalue weighted by molar-refractivity contribution is -0.154. The molecule has 3 heterocycles. The summed E-state index contributed by atoms with van der Waals surface area (Å²) in [5, 5.41) is 16.1. The Hall–Kier alpha value is -3.04. The van der Waals surface area contributed by atoms with Gasteiger partial charge < -0.3 is 29.5 Å². The van der Waals surface area contributed by atoms with Crippen LogP contribution in [0.2, 0.25) is 0 Å². The minimum absolute atomic E-state index is 0.0484. The second kappa shape index (κ2) is 9.68. The lowest BCUT2D eigenvalue weighted by Gasteiger charge is -2.47. The number of fused-ring (bicyclic) bond motifs is 1. The summed E-state index contributed by atoms with van der Waals surface area (Å²) in [5.41, 5.74) is 0.178. The minimum atomic E-state index is -1.34. The predicted molar refractivity (Wildman–Crippen MR) is 128 cm³/mol. The Kier molecular flexibility index (Phi) is 6.86. The van der Waals surface area contributed by atoms with Gasteiger partial charge in [0.15, 0.2) is 11.5 Å². The minimum Gasteiger partial charge on any atom is -0.481 e. The van der Waals surface area contributed by atoms with Gasteiger partial charge in [-0.2, -0.15) is 0 Å². The first-order valence-corrected chi connectivity index (χ1v) is 12.1. The van der Waals surface area contributed by atoms with E-state index in [1.807, 2.05) is 31.5 Å². The number of rotatable bonds is 8. The molecule has 2 aromatic rings. The Morgan fingerprint density at radius 2 is 2.09 bits per heavy atom. The van der Waals surface area contributed by atoms with Crippen LogP contribution in [0.1, 0.15) is 36.6 Å². The van der Waals surface area contributed by atoms with E-state index in [0.717, 1.165) is 6.54 Å². The van der Waals surface area contributed by atoms with Crippen LogP contribution in [0.15, 0.2) is 47.0 Å². The van der Waals surface area contributed by atoms with Crippen LogP contribution in [0.5, 0.6) is 11.5 Å². The van der Waals surface area contributed by atoms with Crippen LogP contribution in [0.25, 0.3) is 0 Å². The largest absolute Gasteiger partial charge is 0.481 e. The van der Waals surface area contributed by atoms with Gasteiger partial charge in [0.1, 0.15) is 5.41 Å². The Balaban J connectivity index is 1.81. The number of carbonyl (C=O) groups is 2. The van der Waals surface area contributed by atoms with E-state index in [4.69, 9.17) is 14.2 Å². The van der Waals surface area contributed by atoms with E-state index in [1.54, 1.807) is 30.4 Å². The SMILES string of the molecule is COC(=O)C1=C(C)NC(C)C(CCN(C)Cc2cccs2)(C(=O)O)C1c1cccc2c1OCO2. The Morgan fingerprint density at radius 3 is 2.76 bits per heavy atom. The zero-order valence-corrected chi connectivity index (χ0v) is 20.6. The van der Waals surface area contributed by atoms with Gasteiger partial charge in [0, 0.05) is 34.6 Å². The highest BCUT2D eigenvalue weighted by molar-refractivity contribution is 7.09. The molecular formula is C25H30N2O6S. The molecule has 4 rings (SSSR count). The molecule has 0 bridgehead atoms. The molecule has 3 atom stereocenters. The van der Waals surface area contributed by atoms with Gasteiger partial charge in [-0.25, -0.2) is 4.79 Å². The normalized spacial score (nSPS) is 23.7. The van der Waals surface area contributed by atoms with Crippen LogP contribution >= 0.6 is 11.3 Å². The van der Waals surface area contributed by atoms with Gasteiger partial charge in [-0.1, -0.05) is 18.2 Å². The maximum atomic E-state index is 13.2. The van der Waals surface area contributed by atoms with Crippen molar-refractivity contribution in [1.82, 2.24) is 10.2 Å². The summed E-state index contributed by atoms with van der Waals surface area (Å²) in [6.45, 7) is 4.93. The summed E-state index contributed by atoms with van der Waals surface area (Å²) in [6, 6.07) is 9.01. The first-order valence-electron chi connectivity index (χ1n) is 11.2. The summed E-state index contributed by atoms with van der Waals surface area (Å²) >= 11 is 1.67. The summed E-state index contributed by atoms with van der Waals surface area (Å²) in [6.07, 6.45) is 0.307. The highest BCUT2D eigenvalue weighted by Crippen LogP contribution is 2.54. The number of allylic oxidation sites excluding steroid dienone is 1. The van der Waals surface area contributed by atoms with Crippen LogP contribution in [-0.2, 0) is 20.9 Å². The fraction of sp³-hybridized carbons (Fsp3) is 0.440. The number of aliphatic carboxylic acids is 1. The molecule has 0 amide bonds. The number of benzene rings is 1. The Bertz CT molecular complexity index is 1100. The number of esters is 1. The Morgan fingerprint density at radius 1 is 1.29 bits per heavy atom. The highest BCUT2D eigenvalue weighted by Gasteiger charge is 2.57. The first kappa shape index (κ1) is 24.1. The second-order valence-electron chi connectivity index (χ2n) is 8.82. The molecule has 1 aromatic carbocycles. The number of carboxylic acid groups (broad SMARTS) is 1. The van der Waals surface area contributed by atoms with Crippen LogP contribution < -0.4 is 14.8 Å². The van der Waals surface area contributed by atoms with Crippen molar-refractivity contribution in [1.29, 1.82) is 0 Å². The van der Waals surface area contributed by atoms with Gasteiger partial charge in [-0.15, -0.1) is 11.3 Å². The van der Waals surface area contributed by atoms with Crippen molar-refractivity contribution in [2.45, 2.75) is 38.8 Å². The van der Waals surface area contributed by atoms with E-state index in [9.17, 15) is 14.7 Å². The number of nitrogens with zero attached hydrogens (tertiary/aromatic N) is 1. The molecule has 2 N–H and O–H groups in total. The van der Waals surface area contributed by atoms with Crippen LogP contribution in [-0.4, -0.2) is 55.5 Å². The number of hydrogen-bond donors (Lipinski definition) is 2. The molecular weight excluding hydrogens is 456 g/mol. The molecule has 1 aromatic heterocycles. The lowest BCUT2D eigenvalue weighted by Crippen LogP contribution is -2.57. The first-order chi connectivity index (χ1) is 16.3. The molecule has 34 heavy (non-hydrogen) atoms. The zero-order chi connectivity index (χ0) is 24.5. The quantitative estimate of drug-likeness (QED) is 0.547. The van der Waals surface area contributed by atoms with Crippen molar-refractivity contribution < 1.29 is 28.9 Å². The van der Waals surface area contributed by atoms with E-state index in [2.05, 4.69) is 16.3 Å². The van der Waals surface area contributed by atoms with Crippen LogP contribution in [0, 0.1) is 5.41 Å². The number of para-hydroxylation sites is 1. The van der Waals surface area contributed by atoms with Gasteiger partial charge in [-0.05, 0) is 51.4 Å². The third-order valence-corrected chi connectivity index (χ3v) is 7.73. The predicted octanol–water partition coefficient (Wildman–Crippen LogP) is 3.59. The molecule has 0 saturated heterocycles. The molecule has 9 heteroatoms. The average molecular weight is 487 g/mol. The maximum Gasteiger partial charge on any atom is 0.336 e.